The first-order valence-electron chi connectivity index (χ1n) is 6.66. The molecule has 1 aromatic carbocycles. The van der Waals surface area contributed by atoms with E-state index in [2.05, 4.69) is 10.4 Å². The number of amides is 1. The number of nitrogens with one attached hydrogen (secondary N) is 1. The Morgan fingerprint density at radius 1 is 1.35 bits per heavy atom. The summed E-state index contributed by atoms with van der Waals surface area (Å²) in [4.78, 5) is 12.3. The van der Waals surface area contributed by atoms with E-state index in [1.807, 2.05) is 31.2 Å². The van der Waals surface area contributed by atoms with Crippen LogP contribution < -0.4 is 5.32 Å². The third-order valence-corrected chi connectivity index (χ3v) is 5.09. The van der Waals surface area contributed by atoms with Gasteiger partial charge in [0.25, 0.3) is 5.91 Å². The second kappa shape index (κ2) is 6.65. The number of carbonyl (C=O) groups is 1. The molecule has 1 aliphatic rings. The summed E-state index contributed by atoms with van der Waals surface area (Å²) >= 11 is 18.5. The van der Waals surface area contributed by atoms with E-state index < -0.39 is 0 Å². The minimum atomic E-state index is -0.207. The van der Waals surface area contributed by atoms with Gasteiger partial charge in [-0.15, -0.1) is 0 Å². The molecule has 0 radical (unpaired) electrons. The summed E-state index contributed by atoms with van der Waals surface area (Å²) in [7, 11) is 0. The molecule has 1 saturated heterocycles. The van der Waals surface area contributed by atoms with Gasteiger partial charge in [0.2, 0.25) is 0 Å². The number of benzene rings is 1. The van der Waals surface area contributed by atoms with Crippen LogP contribution in [0.25, 0.3) is 6.08 Å². The Morgan fingerprint density at radius 3 is 2.65 bits per heavy atom. The van der Waals surface area contributed by atoms with Crippen LogP contribution in [0.4, 0.5) is 0 Å². The second-order valence-corrected chi connectivity index (χ2v) is 7.44. The molecule has 4 nitrogen and oxygen atoms in total. The highest BCUT2D eigenvalue weighted by Gasteiger charge is 2.23. The molecule has 0 unspecified atom stereocenters. The van der Waals surface area contributed by atoms with Gasteiger partial charge >= 0.3 is 0 Å². The number of nitrogens with zero attached hydrogens (tertiary/aromatic N) is 2. The van der Waals surface area contributed by atoms with Crippen LogP contribution in [0.2, 0.25) is 10.2 Å². The number of aromatic nitrogens is 2. The predicted octanol–water partition coefficient (Wildman–Crippen LogP) is 4.04. The largest absolute Gasteiger partial charge is 0.307 e. The van der Waals surface area contributed by atoms with E-state index in [9.17, 15) is 4.79 Å². The van der Waals surface area contributed by atoms with Crippen molar-refractivity contribution in [1.29, 1.82) is 0 Å². The number of halogens is 2. The maximum absolute atomic E-state index is 11.8. The third-order valence-electron chi connectivity index (χ3n) is 3.27. The lowest BCUT2D eigenvalue weighted by Gasteiger charge is -2.04. The molecule has 1 aromatic heterocycles. The van der Waals surface area contributed by atoms with E-state index in [0.717, 1.165) is 16.8 Å². The highest BCUT2D eigenvalue weighted by molar-refractivity contribution is 8.26. The maximum Gasteiger partial charge on any atom is 0.263 e. The molecule has 1 fully saturated rings. The standard InChI is InChI=1S/C15H11Cl2N3OS2/c1-8-11(6-12-14(21)18-15(22)23-12)13(17)20(19-8)7-9-2-4-10(16)5-3-9/h2-6H,7H2,1H3,(H,18,21,22)/b12-6-. The molecule has 2 heterocycles. The van der Waals surface area contributed by atoms with Crippen molar-refractivity contribution in [2.24, 2.45) is 0 Å². The molecule has 0 aliphatic carbocycles. The van der Waals surface area contributed by atoms with Crippen molar-refractivity contribution in [2.75, 3.05) is 0 Å². The van der Waals surface area contributed by atoms with Crippen molar-refractivity contribution >= 4 is 63.5 Å². The van der Waals surface area contributed by atoms with Gasteiger partial charge < -0.3 is 5.32 Å². The first kappa shape index (κ1) is 16.5. The molecule has 0 bridgehead atoms. The molecule has 1 aliphatic heterocycles. The van der Waals surface area contributed by atoms with Gasteiger partial charge in [0.15, 0.2) is 0 Å². The lowest BCUT2D eigenvalue weighted by atomic mass is 10.2. The average molecular weight is 384 g/mol. The second-order valence-electron chi connectivity index (χ2n) is 4.93. The number of thiocarbonyl (C=S) groups is 1. The summed E-state index contributed by atoms with van der Waals surface area (Å²) in [6, 6.07) is 7.49. The molecule has 0 atom stereocenters. The molecule has 8 heteroatoms. The van der Waals surface area contributed by atoms with Crippen LogP contribution in [-0.4, -0.2) is 20.0 Å². The van der Waals surface area contributed by atoms with Crippen LogP contribution in [0.1, 0.15) is 16.8 Å². The summed E-state index contributed by atoms with van der Waals surface area (Å²) < 4.78 is 2.14. The summed E-state index contributed by atoms with van der Waals surface area (Å²) in [6.07, 6.45) is 1.72. The number of rotatable bonds is 3. The zero-order valence-electron chi connectivity index (χ0n) is 12.0. The van der Waals surface area contributed by atoms with Gasteiger partial charge in [-0.05, 0) is 30.7 Å². The van der Waals surface area contributed by atoms with E-state index in [1.54, 1.807) is 10.8 Å². The van der Waals surface area contributed by atoms with Crippen LogP contribution in [0.5, 0.6) is 0 Å². The van der Waals surface area contributed by atoms with Gasteiger partial charge in [-0.1, -0.05) is 59.3 Å². The van der Waals surface area contributed by atoms with Crippen LogP contribution in [0.3, 0.4) is 0 Å². The monoisotopic (exact) mass is 383 g/mol. The van der Waals surface area contributed by atoms with Gasteiger partial charge in [0.1, 0.15) is 9.47 Å². The molecular weight excluding hydrogens is 373 g/mol. The summed E-state index contributed by atoms with van der Waals surface area (Å²) in [5, 5.41) is 8.19. The lowest BCUT2D eigenvalue weighted by Crippen LogP contribution is -2.17. The minimum Gasteiger partial charge on any atom is -0.307 e. The molecule has 2 aromatic rings. The Bertz CT molecular complexity index is 828. The normalized spacial score (nSPS) is 16.2. The predicted molar refractivity (Wildman–Crippen MR) is 98.8 cm³/mol. The Kier molecular flexibility index (Phi) is 4.77. The molecule has 3 rings (SSSR count). The van der Waals surface area contributed by atoms with Crippen LogP contribution in [0, 0.1) is 6.92 Å². The topological polar surface area (TPSA) is 46.9 Å². The molecule has 23 heavy (non-hydrogen) atoms. The summed E-state index contributed by atoms with van der Waals surface area (Å²) in [5.41, 5.74) is 2.51. The smallest absolute Gasteiger partial charge is 0.263 e. The Hall–Kier alpha value is -1.34. The van der Waals surface area contributed by atoms with Crippen molar-refractivity contribution in [3.8, 4) is 0 Å². The van der Waals surface area contributed by atoms with Gasteiger partial charge in [-0.3, -0.25) is 4.79 Å². The molecule has 1 amide bonds. The summed E-state index contributed by atoms with van der Waals surface area (Å²) in [5.74, 6) is -0.207. The van der Waals surface area contributed by atoms with Crippen molar-refractivity contribution in [2.45, 2.75) is 13.5 Å². The number of hydrogen-bond donors (Lipinski definition) is 1. The van der Waals surface area contributed by atoms with E-state index in [1.165, 1.54) is 11.8 Å². The molecular formula is C15H11Cl2N3OS2. The van der Waals surface area contributed by atoms with E-state index >= 15 is 0 Å². The number of thioether (sulfide) groups is 1. The first-order chi connectivity index (χ1) is 10.9. The van der Waals surface area contributed by atoms with Gasteiger partial charge in [0, 0.05) is 10.6 Å². The highest BCUT2D eigenvalue weighted by Crippen LogP contribution is 2.30. The van der Waals surface area contributed by atoms with Crippen LogP contribution >= 0.6 is 47.2 Å². The first-order valence-corrected chi connectivity index (χ1v) is 8.64. The zero-order chi connectivity index (χ0) is 16.6. The highest BCUT2D eigenvalue weighted by atomic mass is 35.5. The minimum absolute atomic E-state index is 0.207. The van der Waals surface area contributed by atoms with Gasteiger partial charge in [-0.25, -0.2) is 4.68 Å². The quantitative estimate of drug-likeness (QED) is 0.641. The van der Waals surface area contributed by atoms with Crippen LogP contribution in [-0.2, 0) is 11.3 Å². The van der Waals surface area contributed by atoms with E-state index in [0.29, 0.717) is 25.9 Å². The Balaban J connectivity index is 1.90. The molecule has 0 saturated carbocycles. The SMILES string of the molecule is Cc1nn(Cc2ccc(Cl)cc2)c(Cl)c1/C=C1\SC(=S)NC1=O. The molecule has 118 valence electrons. The van der Waals surface area contributed by atoms with Crippen molar-refractivity contribution in [3.05, 3.63) is 56.2 Å². The Labute approximate surface area is 152 Å². The van der Waals surface area contributed by atoms with E-state index in [-0.39, 0.29) is 5.91 Å². The zero-order valence-corrected chi connectivity index (χ0v) is 15.1. The Morgan fingerprint density at radius 2 is 2.04 bits per heavy atom. The summed E-state index contributed by atoms with van der Waals surface area (Å²) in [6.45, 7) is 2.38. The third kappa shape index (κ3) is 3.61. The maximum atomic E-state index is 11.8. The van der Waals surface area contributed by atoms with Crippen molar-refractivity contribution < 1.29 is 4.79 Å². The lowest BCUT2D eigenvalue weighted by molar-refractivity contribution is -0.115. The number of aryl methyl sites for hydroxylation is 1. The average Bonchev–Trinajstić information content (AvgIpc) is 2.95. The van der Waals surface area contributed by atoms with E-state index in [4.69, 9.17) is 35.4 Å². The fourth-order valence-electron chi connectivity index (χ4n) is 2.15. The van der Waals surface area contributed by atoms with Crippen LogP contribution in [0.15, 0.2) is 29.2 Å². The van der Waals surface area contributed by atoms with Crippen molar-refractivity contribution in [1.82, 2.24) is 15.1 Å². The fraction of sp³-hybridized carbons (Fsp3) is 0.133. The van der Waals surface area contributed by atoms with Gasteiger partial charge in [-0.2, -0.15) is 5.10 Å². The van der Waals surface area contributed by atoms with Gasteiger partial charge in [0.05, 0.1) is 17.1 Å². The molecule has 0 spiro atoms. The number of hydrogen-bond acceptors (Lipinski definition) is 4. The fourth-order valence-corrected chi connectivity index (χ4v) is 3.59. The molecule has 1 N–H and O–H groups in total. The van der Waals surface area contributed by atoms with Crippen molar-refractivity contribution in [3.63, 3.8) is 0 Å². The number of carbonyl (C=O) groups excluding carboxylic acids is 1.